The van der Waals surface area contributed by atoms with Crippen molar-refractivity contribution in [3.8, 4) is 0 Å². The Balaban J connectivity index is 0.000000179. The molecule has 8 aliphatic rings. The Bertz CT molecular complexity index is 1590. The van der Waals surface area contributed by atoms with Crippen LogP contribution < -0.4 is 0 Å². The summed E-state index contributed by atoms with van der Waals surface area (Å²) in [6, 6.07) is 0. The molecule has 0 aromatic rings. The third-order valence-corrected chi connectivity index (χ3v) is 24.0. The van der Waals surface area contributed by atoms with E-state index in [-0.39, 0.29) is 27.1 Å². The molecule has 0 spiro atoms. The molecule has 2 nitrogen and oxygen atoms in total. The van der Waals surface area contributed by atoms with E-state index in [1.54, 1.807) is 5.57 Å². The molecule has 0 aromatic heterocycles. The Morgan fingerprint density at radius 1 is 0.527 bits per heavy atom. The molecule has 0 N–H and O–H groups in total. The summed E-state index contributed by atoms with van der Waals surface area (Å²) in [6.07, 6.45) is 24.8. The average molecular weight is 757 g/mol. The predicted octanol–water partition coefficient (Wildman–Crippen LogP) is 15.2. The molecule has 0 amide bonds. The Kier molecular flexibility index (Phi) is 10.4. The van der Waals surface area contributed by atoms with Crippen molar-refractivity contribution in [1.82, 2.24) is 0 Å². The first-order chi connectivity index (χ1) is 25.2. The lowest BCUT2D eigenvalue weighted by Gasteiger charge is -2.73. The van der Waals surface area contributed by atoms with E-state index in [0.717, 1.165) is 36.5 Å². The molecular formula is C53H88O2. The molecule has 8 rings (SSSR count). The van der Waals surface area contributed by atoms with E-state index in [0.29, 0.717) is 44.1 Å². The summed E-state index contributed by atoms with van der Waals surface area (Å²) in [5, 5.41) is 0. The number of fused-ring (bicyclic) bond motifs is 10. The number of carbonyl (C=O) groups is 2. The summed E-state index contributed by atoms with van der Waals surface area (Å²) in [7, 11) is 0. The Morgan fingerprint density at radius 2 is 0.982 bits per heavy atom. The van der Waals surface area contributed by atoms with Crippen molar-refractivity contribution in [1.29, 1.82) is 0 Å². The second-order valence-corrected chi connectivity index (χ2v) is 24.6. The van der Waals surface area contributed by atoms with Crippen LogP contribution in [0.15, 0.2) is 24.8 Å². The van der Waals surface area contributed by atoms with Gasteiger partial charge in [0.05, 0.1) is 0 Å². The minimum absolute atomic E-state index is 0.119. The summed E-state index contributed by atoms with van der Waals surface area (Å²) < 4.78 is 0. The fourth-order valence-electron chi connectivity index (χ4n) is 18.4. The van der Waals surface area contributed by atoms with Crippen molar-refractivity contribution in [2.24, 2.45) is 83.2 Å². The number of Topliss-reactive ketones (excluding diaryl/α,β-unsaturated/α-hetero) is 2. The van der Waals surface area contributed by atoms with Crippen LogP contribution in [0.4, 0.5) is 0 Å². The van der Waals surface area contributed by atoms with Crippen molar-refractivity contribution in [3.63, 3.8) is 0 Å². The van der Waals surface area contributed by atoms with Crippen LogP contribution in [0.1, 0.15) is 213 Å². The summed E-state index contributed by atoms with van der Waals surface area (Å²) in [5.74, 6) is 4.10. The maximum absolute atomic E-state index is 12.8. The number of carbonyl (C=O) groups excluding carboxylic acids is 2. The monoisotopic (exact) mass is 757 g/mol. The Morgan fingerprint density at radius 3 is 1.51 bits per heavy atom. The number of hydrogen-bond donors (Lipinski definition) is 0. The molecule has 7 fully saturated rings. The highest BCUT2D eigenvalue weighted by Gasteiger charge is 2.75. The van der Waals surface area contributed by atoms with Gasteiger partial charge in [0.1, 0.15) is 11.6 Å². The van der Waals surface area contributed by atoms with Gasteiger partial charge in [-0.25, -0.2) is 0 Å². The maximum Gasteiger partial charge on any atom is 0.136 e. The Labute approximate surface area is 341 Å². The highest BCUT2D eigenvalue weighted by atomic mass is 16.1. The van der Waals surface area contributed by atoms with Crippen LogP contribution in [-0.2, 0) is 9.59 Å². The van der Waals surface area contributed by atoms with E-state index in [1.165, 1.54) is 96.3 Å². The van der Waals surface area contributed by atoms with Gasteiger partial charge >= 0.3 is 0 Å². The zero-order chi connectivity index (χ0) is 41.3. The van der Waals surface area contributed by atoms with Gasteiger partial charge in [0.15, 0.2) is 0 Å². The lowest BCUT2D eigenvalue weighted by Crippen LogP contribution is -2.66. The molecule has 8 aliphatic carbocycles. The summed E-state index contributed by atoms with van der Waals surface area (Å²) in [5.41, 5.74) is 4.60. The maximum atomic E-state index is 12.8. The molecule has 0 bridgehead atoms. The zero-order valence-electron chi connectivity index (χ0n) is 39.1. The molecule has 7 saturated carbocycles. The van der Waals surface area contributed by atoms with Crippen molar-refractivity contribution in [3.05, 3.63) is 24.8 Å². The minimum atomic E-state index is -0.130. The van der Waals surface area contributed by atoms with Gasteiger partial charge in [-0.3, -0.25) is 9.59 Å². The van der Waals surface area contributed by atoms with Crippen LogP contribution in [-0.4, -0.2) is 11.6 Å². The van der Waals surface area contributed by atoms with E-state index in [9.17, 15) is 9.59 Å². The Hall–Kier alpha value is -1.18. The molecular weight excluding hydrogens is 669 g/mol. The van der Waals surface area contributed by atoms with Gasteiger partial charge in [0, 0.05) is 10.8 Å². The van der Waals surface area contributed by atoms with Crippen LogP contribution in [0.3, 0.4) is 0 Å². The molecule has 0 heterocycles. The number of rotatable bonds is 2. The molecule has 0 aromatic carbocycles. The molecule has 55 heavy (non-hydrogen) atoms. The zero-order valence-corrected chi connectivity index (χ0v) is 39.1. The number of ketones is 2. The van der Waals surface area contributed by atoms with E-state index >= 15 is 0 Å². The first-order valence-electron chi connectivity index (χ1n) is 23.5. The SMILES string of the molecule is C=C.CC(=O)[C@@]1(C)CC[C@@]2(C)[C@@H]3CC=C4C[C@@H](C)CC[C@]4(C)[C@@]3(C)CC[C@@]21C.CC(=O)[C@@]1(C)CC[C@@]2(C)[C@@H]3CC[C@@]4(C)C[C@@H](C)CC[C@]4(C)[C@@]3(C)CC[C@@]21C. The molecule has 0 aliphatic heterocycles. The number of hydrogen-bond acceptors (Lipinski definition) is 2. The van der Waals surface area contributed by atoms with E-state index in [2.05, 4.69) is 109 Å². The van der Waals surface area contributed by atoms with Gasteiger partial charge < -0.3 is 0 Å². The van der Waals surface area contributed by atoms with Gasteiger partial charge in [0.25, 0.3) is 0 Å². The summed E-state index contributed by atoms with van der Waals surface area (Å²) in [6.45, 7) is 42.6. The number of allylic oxidation sites excluding steroid dienone is 2. The fourth-order valence-corrected chi connectivity index (χ4v) is 18.4. The molecule has 0 radical (unpaired) electrons. The summed E-state index contributed by atoms with van der Waals surface area (Å²) >= 11 is 0. The van der Waals surface area contributed by atoms with Crippen LogP contribution in [0.2, 0.25) is 0 Å². The first kappa shape index (κ1) is 43.4. The average Bonchev–Trinajstić information content (AvgIpc) is 3.48. The second-order valence-electron chi connectivity index (χ2n) is 24.6. The van der Waals surface area contributed by atoms with Crippen molar-refractivity contribution in [2.75, 3.05) is 0 Å². The van der Waals surface area contributed by atoms with Gasteiger partial charge in [-0.15, -0.1) is 13.2 Å². The summed E-state index contributed by atoms with van der Waals surface area (Å²) in [4.78, 5) is 25.5. The van der Waals surface area contributed by atoms with E-state index in [1.807, 2.05) is 13.8 Å². The molecule has 0 unspecified atom stereocenters. The van der Waals surface area contributed by atoms with Crippen LogP contribution in [0.25, 0.3) is 0 Å². The van der Waals surface area contributed by atoms with Crippen LogP contribution >= 0.6 is 0 Å². The third-order valence-electron chi connectivity index (χ3n) is 24.0. The lowest BCUT2D eigenvalue weighted by atomic mass is 9.31. The smallest absolute Gasteiger partial charge is 0.136 e. The van der Waals surface area contributed by atoms with Crippen molar-refractivity contribution >= 4 is 11.6 Å². The van der Waals surface area contributed by atoms with Crippen LogP contribution in [0.5, 0.6) is 0 Å². The molecule has 0 saturated heterocycles. The van der Waals surface area contributed by atoms with Crippen molar-refractivity contribution < 1.29 is 9.59 Å². The van der Waals surface area contributed by atoms with Crippen LogP contribution in [0, 0.1) is 83.2 Å². The van der Waals surface area contributed by atoms with Gasteiger partial charge in [0.2, 0.25) is 0 Å². The highest BCUT2D eigenvalue weighted by molar-refractivity contribution is 5.84. The molecule has 2 heteroatoms. The van der Waals surface area contributed by atoms with Gasteiger partial charge in [-0.2, -0.15) is 0 Å². The highest BCUT2D eigenvalue weighted by Crippen LogP contribution is 2.82. The third kappa shape index (κ3) is 5.08. The second kappa shape index (κ2) is 13.2. The quantitative estimate of drug-likeness (QED) is 0.263. The standard InChI is InChI=1S/C26H44O.C25H40O.C2H4/c1-18-9-12-25(7)21(3,17-18)11-10-20-23(25,5)15-16-26(8)22(4,19(2)27)13-14-24(20,26)6;1-17-10-11-22(4)19(16-17)8-9-20-23(22,5)14-15-25(7)21(3,18(2)26)12-13-24(20,25)6;1-2/h18,20H,9-17H2,1-8H3;8,17,20H,9-16H2,1-7H3;1-2H2/t18-,20+,21-,22+,23-,24-,25-,26+;17-,20+,21+,22-,23-,24-,25+;/m00./s1. The largest absolute Gasteiger partial charge is 0.299 e. The molecule has 312 valence electrons. The normalized spacial score (nSPS) is 56.2. The fraction of sp³-hybridized carbons (Fsp3) is 0.887. The predicted molar refractivity (Wildman–Crippen MR) is 234 cm³/mol. The minimum Gasteiger partial charge on any atom is -0.299 e. The van der Waals surface area contributed by atoms with Crippen molar-refractivity contribution in [2.45, 2.75) is 213 Å². The van der Waals surface area contributed by atoms with Gasteiger partial charge in [-0.05, 0) is 189 Å². The van der Waals surface area contributed by atoms with E-state index in [4.69, 9.17) is 0 Å². The first-order valence-corrected chi connectivity index (χ1v) is 23.5. The molecule has 15 atom stereocenters. The lowest BCUT2D eigenvalue weighted by molar-refractivity contribution is -0.244. The van der Waals surface area contributed by atoms with Gasteiger partial charge in [-0.1, -0.05) is 108 Å². The van der Waals surface area contributed by atoms with E-state index < -0.39 is 0 Å². The topological polar surface area (TPSA) is 34.1 Å².